The first-order chi connectivity index (χ1) is 19.3. The number of ether oxygens (including phenoxy) is 1. The third-order valence-electron chi connectivity index (χ3n) is 6.95. The molecule has 1 aliphatic heterocycles. The van der Waals surface area contributed by atoms with Crippen molar-refractivity contribution < 1.29 is 92.3 Å². The summed E-state index contributed by atoms with van der Waals surface area (Å²) >= 11 is 0. The first-order valence-corrected chi connectivity index (χ1v) is 15.9. The van der Waals surface area contributed by atoms with E-state index in [1.54, 1.807) is 16.7 Å². The van der Waals surface area contributed by atoms with E-state index in [-0.39, 0.29) is 78.0 Å². The number of fused-ring (bicyclic) bond motifs is 1. The molecule has 2 unspecified atom stereocenters. The molecule has 0 spiro atoms. The molecule has 3 rings (SSSR count). The molecule has 0 aromatic carbocycles. The minimum Gasteiger partial charge on any atom is -0.756 e. The normalized spacial score (nSPS) is 18.3. The van der Waals surface area contributed by atoms with Gasteiger partial charge in [0.25, 0.3) is 7.82 Å². The molecule has 2 N–H and O–H groups in total. The average molecular weight is 626 g/mol. The number of hydrogen-bond donors (Lipinski definition) is 1. The minimum absolute atomic E-state index is 0. The number of nitrogens with two attached hydrogens (primary N) is 1. The van der Waals surface area contributed by atoms with Crippen molar-refractivity contribution in [2.75, 3.05) is 12.3 Å². The Balaban J connectivity index is 0.00000441. The number of carbonyl (C=O) groups excluding carboxylic acids is 1. The van der Waals surface area contributed by atoms with Crippen LogP contribution >= 0.6 is 7.82 Å². The van der Waals surface area contributed by atoms with Gasteiger partial charge in [-0.2, -0.15) is 0 Å². The second kappa shape index (κ2) is 21.4. The second-order valence-electron chi connectivity index (χ2n) is 10.2. The summed E-state index contributed by atoms with van der Waals surface area (Å²) in [6, 6.07) is 0. The first kappa shape index (κ1) is 39.7. The fourth-order valence-electron chi connectivity index (χ4n) is 4.71. The quantitative estimate of drug-likeness (QED) is 0.0701. The number of hydrogen-bond acceptors (Lipinski definition) is 11. The zero-order chi connectivity index (χ0) is 28.8. The number of imidazole rings is 1. The topological polar surface area (TPSA) is 178 Å². The third-order valence-corrected chi connectivity index (χ3v) is 7.93. The Kier molecular flexibility index (Phi) is 20.2. The molecular formula is C27H42N5Na2O7P. The van der Waals surface area contributed by atoms with E-state index in [0.717, 1.165) is 25.7 Å². The fourth-order valence-corrected chi connectivity index (χ4v) is 5.60. The summed E-state index contributed by atoms with van der Waals surface area (Å²) in [5.74, 6) is -1.35. The van der Waals surface area contributed by atoms with Crippen LogP contribution in [0.25, 0.3) is 11.2 Å². The van der Waals surface area contributed by atoms with Crippen LogP contribution in [-0.4, -0.2) is 44.3 Å². The maximum absolute atomic E-state index is 12.3. The van der Waals surface area contributed by atoms with Crippen molar-refractivity contribution in [3.63, 3.8) is 0 Å². The summed E-state index contributed by atoms with van der Waals surface area (Å²) in [6.45, 7) is 1.85. The second-order valence-corrected chi connectivity index (χ2v) is 11.6. The van der Waals surface area contributed by atoms with Crippen LogP contribution in [0.2, 0.25) is 0 Å². The molecule has 12 nitrogen and oxygen atoms in total. The zero-order valence-electron chi connectivity index (χ0n) is 25.3. The van der Waals surface area contributed by atoms with E-state index < -0.39 is 32.2 Å². The zero-order valence-corrected chi connectivity index (χ0v) is 30.2. The number of rotatable bonds is 21. The van der Waals surface area contributed by atoms with Gasteiger partial charge in [-0.25, -0.2) is 15.0 Å². The average Bonchev–Trinajstić information content (AvgIpc) is 3.57. The van der Waals surface area contributed by atoms with E-state index in [0.29, 0.717) is 17.6 Å². The van der Waals surface area contributed by atoms with Gasteiger partial charge in [-0.05, 0) is 12.5 Å². The molecule has 0 saturated heterocycles. The first-order valence-electron chi connectivity index (χ1n) is 14.4. The van der Waals surface area contributed by atoms with Crippen LogP contribution in [0.1, 0.15) is 103 Å². The number of aliphatic carboxylic acids is 1. The SMILES string of the molecule is CCCCCCCCCCCCCCCC(OP(=O)([O-])OC[C@@H]1C=C[C@H](n2cnc3c(N)ncnc32)O1)C(=O)[O-].[Na+].[Na+]. The molecule has 0 amide bonds. The number of carboxylic acids is 1. The molecule has 15 heteroatoms. The van der Waals surface area contributed by atoms with Crippen molar-refractivity contribution >= 4 is 30.8 Å². The van der Waals surface area contributed by atoms with E-state index in [2.05, 4.69) is 21.9 Å². The van der Waals surface area contributed by atoms with Crippen LogP contribution in [0.15, 0.2) is 24.8 Å². The number of carboxylic acid groups (broad SMARTS) is 1. The Bertz CT molecular complexity index is 1140. The van der Waals surface area contributed by atoms with Crippen molar-refractivity contribution in [3.8, 4) is 0 Å². The third kappa shape index (κ3) is 13.7. The van der Waals surface area contributed by atoms with Gasteiger partial charge in [-0.3, -0.25) is 9.13 Å². The van der Waals surface area contributed by atoms with Crippen molar-refractivity contribution in [2.45, 2.75) is 115 Å². The van der Waals surface area contributed by atoms with Crippen LogP contribution in [0, 0.1) is 0 Å². The Hall–Kier alpha value is -0.370. The smallest absolute Gasteiger partial charge is 0.756 e. The van der Waals surface area contributed by atoms with Gasteiger partial charge in [-0.1, -0.05) is 96.5 Å². The van der Waals surface area contributed by atoms with Crippen LogP contribution in [0.4, 0.5) is 5.82 Å². The van der Waals surface area contributed by atoms with E-state index in [4.69, 9.17) is 19.5 Å². The molecule has 3 heterocycles. The van der Waals surface area contributed by atoms with Crippen LogP contribution in [0.3, 0.4) is 0 Å². The van der Waals surface area contributed by atoms with Crippen molar-refractivity contribution in [2.24, 2.45) is 0 Å². The standard InChI is InChI=1S/C27H44N5O7P.2Na/c1-2-3-4-5-6-7-8-9-10-11-12-13-14-15-22(27(33)34)39-40(35,36)37-18-21-16-17-23(38-21)32-20-31-24-25(28)29-19-30-26(24)32;;/h16-17,19-23H,2-15,18H2,1H3,(H,33,34)(H,35,36)(H2,28,29,30);;/q;2*+1/p-2/t21-,22?,23+;;/m0../s1. The number of carbonyl (C=O) groups is 1. The van der Waals surface area contributed by atoms with E-state index in [1.165, 1.54) is 64.0 Å². The summed E-state index contributed by atoms with van der Waals surface area (Å²) in [7, 11) is -4.91. The van der Waals surface area contributed by atoms with Crippen molar-refractivity contribution in [1.29, 1.82) is 0 Å². The predicted molar refractivity (Wildman–Crippen MR) is 147 cm³/mol. The molecule has 0 aliphatic carbocycles. The number of phosphoric ester groups is 1. The molecule has 0 fully saturated rings. The Morgan fingerprint density at radius 1 is 1.00 bits per heavy atom. The van der Waals surface area contributed by atoms with Gasteiger partial charge < -0.3 is 34.3 Å². The van der Waals surface area contributed by atoms with E-state index in [9.17, 15) is 19.4 Å². The largest absolute Gasteiger partial charge is 1.00 e. The molecule has 4 atom stereocenters. The van der Waals surface area contributed by atoms with Gasteiger partial charge in [0, 0.05) is 0 Å². The molecule has 0 saturated carbocycles. The van der Waals surface area contributed by atoms with Gasteiger partial charge in [0.15, 0.2) is 17.7 Å². The molecular weight excluding hydrogens is 583 g/mol. The van der Waals surface area contributed by atoms with Gasteiger partial charge in [-0.15, -0.1) is 0 Å². The number of anilines is 1. The molecule has 42 heavy (non-hydrogen) atoms. The molecule has 2 aromatic rings. The molecule has 1 aliphatic rings. The summed E-state index contributed by atoms with van der Waals surface area (Å²) in [5.41, 5.74) is 6.70. The van der Waals surface area contributed by atoms with E-state index in [1.807, 2.05) is 0 Å². The monoisotopic (exact) mass is 625 g/mol. The molecule has 0 radical (unpaired) electrons. The summed E-state index contributed by atoms with van der Waals surface area (Å²) in [5, 5.41) is 11.5. The van der Waals surface area contributed by atoms with Crippen LogP contribution in [0.5, 0.6) is 0 Å². The molecule has 224 valence electrons. The van der Waals surface area contributed by atoms with E-state index >= 15 is 0 Å². The predicted octanol–water partition coefficient (Wildman–Crippen LogP) is -2.03. The van der Waals surface area contributed by atoms with Crippen molar-refractivity contribution in [3.05, 3.63) is 24.8 Å². The minimum atomic E-state index is -4.91. The maximum Gasteiger partial charge on any atom is 1.00 e. The Morgan fingerprint density at radius 3 is 2.19 bits per heavy atom. The summed E-state index contributed by atoms with van der Waals surface area (Å²) in [4.78, 5) is 36.0. The number of nitrogen functional groups attached to an aromatic ring is 1. The molecule has 2 aromatic heterocycles. The van der Waals surface area contributed by atoms with Gasteiger partial charge in [0.2, 0.25) is 0 Å². The van der Waals surface area contributed by atoms with Crippen LogP contribution < -0.4 is 74.8 Å². The number of aromatic nitrogens is 4. The number of unbranched alkanes of at least 4 members (excludes halogenated alkanes) is 12. The number of phosphoric acid groups is 1. The Labute approximate surface area is 292 Å². The maximum atomic E-state index is 12.3. The summed E-state index contributed by atoms with van der Waals surface area (Å²) in [6.07, 6.45) is 18.2. The van der Waals surface area contributed by atoms with Crippen LogP contribution in [-0.2, 0) is 23.1 Å². The van der Waals surface area contributed by atoms with Gasteiger partial charge in [0.05, 0.1) is 18.9 Å². The summed E-state index contributed by atoms with van der Waals surface area (Å²) < 4.78 is 29.5. The van der Waals surface area contributed by atoms with Gasteiger partial charge >= 0.3 is 59.1 Å². The number of nitrogens with zero attached hydrogens (tertiary/aromatic N) is 4. The van der Waals surface area contributed by atoms with Crippen molar-refractivity contribution in [1.82, 2.24) is 19.5 Å². The van der Waals surface area contributed by atoms with Gasteiger partial charge in [0.1, 0.15) is 24.1 Å². The molecule has 0 bridgehead atoms. The fraction of sp³-hybridized carbons (Fsp3) is 0.704. The Morgan fingerprint density at radius 2 is 1.60 bits per heavy atom.